The van der Waals surface area contributed by atoms with Crippen molar-refractivity contribution < 1.29 is 14.3 Å². The normalized spacial score (nSPS) is 18.1. The van der Waals surface area contributed by atoms with E-state index in [4.69, 9.17) is 9.47 Å². The molecule has 0 amide bonds. The first-order chi connectivity index (χ1) is 7.63. The predicted octanol–water partition coefficient (Wildman–Crippen LogP) is 2.55. The van der Waals surface area contributed by atoms with Gasteiger partial charge in [-0.1, -0.05) is 6.07 Å². The Labute approximate surface area is 95.4 Å². The van der Waals surface area contributed by atoms with Crippen molar-refractivity contribution in [1.82, 2.24) is 0 Å². The van der Waals surface area contributed by atoms with Gasteiger partial charge in [0.15, 0.2) is 0 Å². The van der Waals surface area contributed by atoms with Crippen molar-refractivity contribution in [1.29, 1.82) is 0 Å². The van der Waals surface area contributed by atoms with E-state index in [1.54, 1.807) is 7.11 Å². The maximum Gasteiger partial charge on any atom is 0.303 e. The first-order valence-electron chi connectivity index (χ1n) is 5.47. The van der Waals surface area contributed by atoms with E-state index in [1.807, 2.05) is 19.1 Å². The van der Waals surface area contributed by atoms with Crippen molar-refractivity contribution in [3.05, 3.63) is 28.8 Å². The Balaban J connectivity index is 2.35. The monoisotopic (exact) mass is 220 g/mol. The lowest BCUT2D eigenvalue weighted by molar-refractivity contribution is -0.146. The fourth-order valence-electron chi connectivity index (χ4n) is 2.36. The molecule has 0 aromatic heterocycles. The van der Waals surface area contributed by atoms with Crippen molar-refractivity contribution >= 4 is 5.97 Å². The summed E-state index contributed by atoms with van der Waals surface area (Å²) >= 11 is 0. The highest BCUT2D eigenvalue weighted by Gasteiger charge is 2.27. The quantitative estimate of drug-likeness (QED) is 0.718. The van der Waals surface area contributed by atoms with Gasteiger partial charge in [0.05, 0.1) is 7.11 Å². The van der Waals surface area contributed by atoms with Gasteiger partial charge in [0.2, 0.25) is 0 Å². The van der Waals surface area contributed by atoms with Crippen LogP contribution in [0.4, 0.5) is 0 Å². The molecule has 0 N–H and O–H groups in total. The van der Waals surface area contributed by atoms with Crippen LogP contribution in [0.2, 0.25) is 0 Å². The van der Waals surface area contributed by atoms with Crippen LogP contribution < -0.4 is 4.74 Å². The van der Waals surface area contributed by atoms with Crippen molar-refractivity contribution in [2.75, 3.05) is 7.11 Å². The van der Waals surface area contributed by atoms with Crippen LogP contribution in [0.15, 0.2) is 12.1 Å². The number of benzene rings is 1. The van der Waals surface area contributed by atoms with Gasteiger partial charge in [-0.2, -0.15) is 0 Å². The standard InChI is InChI=1S/C13H16O3/c1-8-10-4-7-13(16-9(2)14)11(10)5-6-12(8)15-3/h5-6,13H,4,7H2,1-3H3/t13-/m1/s1. The van der Waals surface area contributed by atoms with Crippen LogP contribution in [0, 0.1) is 6.92 Å². The summed E-state index contributed by atoms with van der Waals surface area (Å²) in [5.41, 5.74) is 3.56. The Morgan fingerprint density at radius 3 is 2.81 bits per heavy atom. The minimum Gasteiger partial charge on any atom is -0.496 e. The second-order valence-electron chi connectivity index (χ2n) is 4.10. The fraction of sp³-hybridized carbons (Fsp3) is 0.462. The zero-order valence-corrected chi connectivity index (χ0v) is 9.87. The second-order valence-corrected chi connectivity index (χ2v) is 4.10. The van der Waals surface area contributed by atoms with Gasteiger partial charge in [-0.25, -0.2) is 0 Å². The molecule has 86 valence electrons. The van der Waals surface area contributed by atoms with Gasteiger partial charge < -0.3 is 9.47 Å². The van der Waals surface area contributed by atoms with E-state index >= 15 is 0 Å². The summed E-state index contributed by atoms with van der Waals surface area (Å²) in [6, 6.07) is 3.94. The maximum absolute atomic E-state index is 11.0. The molecule has 3 nitrogen and oxygen atoms in total. The van der Waals surface area contributed by atoms with E-state index in [9.17, 15) is 4.79 Å². The van der Waals surface area contributed by atoms with Crippen LogP contribution >= 0.6 is 0 Å². The van der Waals surface area contributed by atoms with Crippen molar-refractivity contribution in [2.45, 2.75) is 32.8 Å². The van der Waals surface area contributed by atoms with Gasteiger partial charge in [-0.05, 0) is 42.5 Å². The van der Waals surface area contributed by atoms with E-state index in [0.717, 1.165) is 29.7 Å². The van der Waals surface area contributed by atoms with E-state index in [-0.39, 0.29) is 12.1 Å². The van der Waals surface area contributed by atoms with E-state index in [0.29, 0.717) is 0 Å². The Morgan fingerprint density at radius 2 is 2.19 bits per heavy atom. The summed E-state index contributed by atoms with van der Waals surface area (Å²) in [5.74, 6) is 0.688. The summed E-state index contributed by atoms with van der Waals surface area (Å²) in [7, 11) is 1.67. The predicted molar refractivity (Wildman–Crippen MR) is 60.6 cm³/mol. The topological polar surface area (TPSA) is 35.5 Å². The van der Waals surface area contributed by atoms with Gasteiger partial charge in [-0.3, -0.25) is 4.79 Å². The number of hydrogen-bond donors (Lipinski definition) is 0. The Kier molecular flexibility index (Phi) is 2.86. The van der Waals surface area contributed by atoms with Crippen LogP contribution in [0.1, 0.15) is 36.1 Å². The van der Waals surface area contributed by atoms with E-state index in [2.05, 4.69) is 0 Å². The molecular formula is C13H16O3. The minimum absolute atomic E-state index is 0.0721. The average Bonchev–Trinajstić information content (AvgIpc) is 2.62. The van der Waals surface area contributed by atoms with Crippen LogP contribution in [0.5, 0.6) is 5.75 Å². The average molecular weight is 220 g/mol. The molecule has 0 saturated carbocycles. The number of carbonyl (C=O) groups is 1. The van der Waals surface area contributed by atoms with Crippen molar-refractivity contribution in [2.24, 2.45) is 0 Å². The number of rotatable bonds is 2. The molecule has 0 fully saturated rings. The van der Waals surface area contributed by atoms with Gasteiger partial charge in [0, 0.05) is 6.92 Å². The highest BCUT2D eigenvalue weighted by Crippen LogP contribution is 2.38. The summed E-state index contributed by atoms with van der Waals surface area (Å²) < 4.78 is 10.6. The van der Waals surface area contributed by atoms with Crippen LogP contribution in [0.25, 0.3) is 0 Å². The molecular weight excluding hydrogens is 204 g/mol. The molecule has 0 aliphatic heterocycles. The van der Waals surface area contributed by atoms with Crippen LogP contribution in [-0.2, 0) is 16.0 Å². The summed E-state index contributed by atoms with van der Waals surface area (Å²) in [4.78, 5) is 11.0. The molecule has 0 saturated heterocycles. The van der Waals surface area contributed by atoms with Crippen LogP contribution in [0.3, 0.4) is 0 Å². The summed E-state index contributed by atoms with van der Waals surface area (Å²) in [5, 5.41) is 0. The fourth-order valence-corrected chi connectivity index (χ4v) is 2.36. The Bertz CT molecular complexity index is 423. The summed E-state index contributed by atoms with van der Waals surface area (Å²) in [6.45, 7) is 3.50. The number of esters is 1. The molecule has 0 bridgehead atoms. The molecule has 1 aliphatic rings. The molecule has 0 unspecified atom stereocenters. The highest BCUT2D eigenvalue weighted by atomic mass is 16.5. The number of hydrogen-bond acceptors (Lipinski definition) is 3. The third-order valence-corrected chi connectivity index (χ3v) is 3.12. The lowest BCUT2D eigenvalue weighted by atomic mass is 10.0. The zero-order valence-electron chi connectivity index (χ0n) is 9.87. The largest absolute Gasteiger partial charge is 0.496 e. The zero-order chi connectivity index (χ0) is 11.7. The number of methoxy groups -OCH3 is 1. The molecule has 1 aromatic carbocycles. The molecule has 3 heteroatoms. The SMILES string of the molecule is COc1ccc2c(c1C)CC[C@H]2OC(C)=O. The smallest absolute Gasteiger partial charge is 0.303 e. The van der Waals surface area contributed by atoms with Gasteiger partial charge >= 0.3 is 5.97 Å². The van der Waals surface area contributed by atoms with Crippen LogP contribution in [-0.4, -0.2) is 13.1 Å². The highest BCUT2D eigenvalue weighted by molar-refractivity contribution is 5.66. The Hall–Kier alpha value is -1.51. The third-order valence-electron chi connectivity index (χ3n) is 3.12. The molecule has 1 aromatic rings. The summed E-state index contributed by atoms with van der Waals surface area (Å²) in [6.07, 6.45) is 1.76. The number of fused-ring (bicyclic) bond motifs is 1. The Morgan fingerprint density at radius 1 is 1.44 bits per heavy atom. The molecule has 1 aliphatic carbocycles. The second kappa shape index (κ2) is 4.16. The third kappa shape index (κ3) is 1.77. The van der Waals surface area contributed by atoms with E-state index < -0.39 is 0 Å². The molecule has 1 atom stereocenters. The van der Waals surface area contributed by atoms with Crippen molar-refractivity contribution in [3.63, 3.8) is 0 Å². The lowest BCUT2D eigenvalue weighted by Gasteiger charge is -2.13. The maximum atomic E-state index is 11.0. The lowest BCUT2D eigenvalue weighted by Crippen LogP contribution is -2.05. The first kappa shape index (κ1) is 11.0. The minimum atomic E-state index is -0.216. The molecule has 0 heterocycles. The van der Waals surface area contributed by atoms with Gasteiger partial charge in [0.1, 0.15) is 11.9 Å². The van der Waals surface area contributed by atoms with Crippen molar-refractivity contribution in [3.8, 4) is 5.75 Å². The number of carbonyl (C=O) groups excluding carboxylic acids is 1. The van der Waals surface area contributed by atoms with Gasteiger partial charge in [0.25, 0.3) is 0 Å². The molecule has 16 heavy (non-hydrogen) atoms. The molecule has 0 radical (unpaired) electrons. The molecule has 0 spiro atoms. The first-order valence-corrected chi connectivity index (χ1v) is 5.47. The van der Waals surface area contributed by atoms with Gasteiger partial charge in [-0.15, -0.1) is 0 Å². The molecule has 2 rings (SSSR count). The number of ether oxygens (including phenoxy) is 2. The van der Waals surface area contributed by atoms with E-state index in [1.165, 1.54) is 12.5 Å².